The van der Waals surface area contributed by atoms with Gasteiger partial charge in [0.1, 0.15) is 11.3 Å². The molecular weight excluding hydrogens is 260 g/mol. The minimum atomic E-state index is -0.793. The smallest absolute Gasteiger partial charge is 0.336 e. The summed E-state index contributed by atoms with van der Waals surface area (Å²) >= 11 is 0. The molecule has 0 spiro atoms. The normalized spacial score (nSPS) is 14.2. The molecule has 0 aliphatic heterocycles. The number of rotatable bonds is 6. The lowest BCUT2D eigenvalue weighted by Crippen LogP contribution is -2.26. The molecule has 0 aliphatic rings. The Morgan fingerprint density at radius 1 is 1.20 bits per heavy atom. The third kappa shape index (κ3) is 3.59. The number of benzene rings is 1. The van der Waals surface area contributed by atoms with Gasteiger partial charge in [-0.3, -0.25) is 0 Å². The van der Waals surface area contributed by atoms with Crippen LogP contribution in [0, 0.1) is 0 Å². The van der Waals surface area contributed by atoms with Crippen molar-refractivity contribution in [1.29, 1.82) is 0 Å². The maximum atomic E-state index is 11.1. The molecule has 2 N–H and O–H groups in total. The molecule has 0 unspecified atom stereocenters. The van der Waals surface area contributed by atoms with Crippen LogP contribution in [0.25, 0.3) is 11.0 Å². The lowest BCUT2D eigenvalue weighted by molar-refractivity contribution is 0.00569. The molecule has 1 aromatic carbocycles. The van der Waals surface area contributed by atoms with E-state index in [1.807, 2.05) is 0 Å². The number of hydrogen-bond acceptors (Lipinski definition) is 5. The lowest BCUT2D eigenvalue weighted by Gasteiger charge is -2.16. The Morgan fingerprint density at radius 3 is 2.70 bits per heavy atom. The number of fused-ring (bicyclic) bond motifs is 1. The average molecular weight is 278 g/mol. The summed E-state index contributed by atoms with van der Waals surface area (Å²) in [7, 11) is 0. The van der Waals surface area contributed by atoms with Crippen molar-refractivity contribution in [1.82, 2.24) is 0 Å². The molecule has 2 rings (SSSR count). The largest absolute Gasteiger partial charge is 0.493 e. The Labute approximate surface area is 116 Å². The first-order chi connectivity index (χ1) is 9.60. The van der Waals surface area contributed by atoms with Gasteiger partial charge in [-0.25, -0.2) is 4.79 Å². The highest BCUT2D eigenvalue weighted by Crippen LogP contribution is 2.19. The molecule has 5 nitrogen and oxygen atoms in total. The summed E-state index contributed by atoms with van der Waals surface area (Å²) in [5.41, 5.74) is 0.0558. The van der Waals surface area contributed by atoms with E-state index in [2.05, 4.69) is 0 Å². The third-order valence-electron chi connectivity index (χ3n) is 3.14. The van der Waals surface area contributed by atoms with Crippen LogP contribution in [0.3, 0.4) is 0 Å². The van der Waals surface area contributed by atoms with Gasteiger partial charge in [0, 0.05) is 23.9 Å². The maximum absolute atomic E-state index is 11.1. The molecule has 1 heterocycles. The average Bonchev–Trinajstić information content (AvgIpc) is 2.45. The van der Waals surface area contributed by atoms with Crippen molar-refractivity contribution >= 4 is 11.0 Å². The highest BCUT2D eigenvalue weighted by atomic mass is 16.5. The minimum absolute atomic E-state index is 0.279. The number of aliphatic hydroxyl groups excluding tert-OH is 2. The first kappa shape index (κ1) is 14.6. The molecule has 2 atom stereocenters. The molecule has 0 amide bonds. The summed E-state index contributed by atoms with van der Waals surface area (Å²) in [4.78, 5) is 11.1. The molecule has 0 bridgehead atoms. The molecule has 0 saturated carbocycles. The quantitative estimate of drug-likeness (QED) is 0.786. The van der Waals surface area contributed by atoms with Gasteiger partial charge in [0.25, 0.3) is 0 Å². The van der Waals surface area contributed by atoms with Crippen LogP contribution in [0.5, 0.6) is 5.75 Å². The summed E-state index contributed by atoms with van der Waals surface area (Å²) in [5.74, 6) is 0.560. The van der Waals surface area contributed by atoms with Gasteiger partial charge in [-0.2, -0.15) is 0 Å². The van der Waals surface area contributed by atoms with Gasteiger partial charge < -0.3 is 19.4 Å². The molecule has 20 heavy (non-hydrogen) atoms. The van der Waals surface area contributed by atoms with E-state index in [0.717, 1.165) is 5.39 Å². The lowest BCUT2D eigenvalue weighted by atomic mass is 10.1. The van der Waals surface area contributed by atoms with Crippen LogP contribution in [0.1, 0.15) is 19.8 Å². The molecule has 0 aliphatic carbocycles. The van der Waals surface area contributed by atoms with E-state index >= 15 is 0 Å². The molecule has 0 fully saturated rings. The summed E-state index contributed by atoms with van der Waals surface area (Å²) in [6.45, 7) is 2.08. The number of ether oxygens (including phenoxy) is 1. The Hall–Kier alpha value is -1.85. The Bertz CT molecular complexity index is 619. The van der Waals surface area contributed by atoms with Crippen LogP contribution in [-0.2, 0) is 0 Å². The predicted molar refractivity (Wildman–Crippen MR) is 74.9 cm³/mol. The van der Waals surface area contributed by atoms with Crippen molar-refractivity contribution in [3.05, 3.63) is 40.8 Å². The van der Waals surface area contributed by atoms with E-state index in [4.69, 9.17) is 9.15 Å². The summed E-state index contributed by atoms with van der Waals surface area (Å²) in [6, 6.07) is 8.26. The fraction of sp³-hybridized carbons (Fsp3) is 0.400. The zero-order valence-corrected chi connectivity index (χ0v) is 11.3. The summed E-state index contributed by atoms with van der Waals surface area (Å²) < 4.78 is 10.5. The minimum Gasteiger partial charge on any atom is -0.493 e. The van der Waals surface area contributed by atoms with Gasteiger partial charge in [-0.15, -0.1) is 0 Å². The second-order valence-electron chi connectivity index (χ2n) is 4.63. The first-order valence-corrected chi connectivity index (χ1v) is 6.63. The predicted octanol–water partition coefficient (Wildman–Crippen LogP) is 1.69. The third-order valence-corrected chi connectivity index (χ3v) is 3.14. The zero-order valence-electron chi connectivity index (χ0n) is 11.3. The van der Waals surface area contributed by atoms with Gasteiger partial charge in [0.15, 0.2) is 0 Å². The Balaban J connectivity index is 1.98. The van der Waals surface area contributed by atoms with Crippen molar-refractivity contribution < 1.29 is 19.4 Å². The number of hydrogen-bond donors (Lipinski definition) is 2. The van der Waals surface area contributed by atoms with Crippen molar-refractivity contribution in [3.63, 3.8) is 0 Å². The van der Waals surface area contributed by atoms with Crippen LogP contribution < -0.4 is 10.4 Å². The van der Waals surface area contributed by atoms with Crippen LogP contribution in [0.4, 0.5) is 0 Å². The monoisotopic (exact) mass is 278 g/mol. The molecule has 108 valence electrons. The van der Waals surface area contributed by atoms with E-state index in [9.17, 15) is 15.0 Å². The summed E-state index contributed by atoms with van der Waals surface area (Å²) in [6.07, 6.45) is -0.680. The summed E-state index contributed by atoms with van der Waals surface area (Å²) in [5, 5.41) is 19.9. The molecule has 0 saturated heterocycles. The van der Waals surface area contributed by atoms with Crippen molar-refractivity contribution in [2.24, 2.45) is 0 Å². The van der Waals surface area contributed by atoms with E-state index in [0.29, 0.717) is 24.2 Å². The highest BCUT2D eigenvalue weighted by molar-refractivity contribution is 5.77. The van der Waals surface area contributed by atoms with Gasteiger partial charge in [-0.1, -0.05) is 6.92 Å². The van der Waals surface area contributed by atoms with Crippen LogP contribution in [0.15, 0.2) is 39.5 Å². The van der Waals surface area contributed by atoms with Crippen LogP contribution >= 0.6 is 0 Å². The second-order valence-corrected chi connectivity index (χ2v) is 4.63. The van der Waals surface area contributed by atoms with Crippen LogP contribution in [0.2, 0.25) is 0 Å². The van der Waals surface area contributed by atoms with Crippen molar-refractivity contribution in [2.45, 2.75) is 32.0 Å². The van der Waals surface area contributed by atoms with Gasteiger partial charge in [-0.05, 0) is 24.6 Å². The van der Waals surface area contributed by atoms with E-state index in [1.54, 1.807) is 31.2 Å². The molecular formula is C15H18O5. The topological polar surface area (TPSA) is 79.9 Å². The molecule has 2 aromatic rings. The zero-order chi connectivity index (χ0) is 14.5. The molecule has 5 heteroatoms. The van der Waals surface area contributed by atoms with Gasteiger partial charge >= 0.3 is 5.63 Å². The van der Waals surface area contributed by atoms with E-state index < -0.39 is 17.8 Å². The maximum Gasteiger partial charge on any atom is 0.336 e. The second kappa shape index (κ2) is 6.54. The highest BCUT2D eigenvalue weighted by Gasteiger charge is 2.13. The first-order valence-electron chi connectivity index (χ1n) is 6.63. The standard InChI is InChI=1S/C15H18O5/c1-2-12(16)13(17)7-8-19-11-5-3-10-4-6-15(18)20-14(10)9-11/h3-6,9,12-13,16-17H,2,7-8H2,1H3/t12-,13-/m0/s1. The molecule has 1 aromatic heterocycles. The van der Waals surface area contributed by atoms with Crippen LogP contribution in [-0.4, -0.2) is 29.0 Å². The Kier molecular flexibility index (Phi) is 4.76. The van der Waals surface area contributed by atoms with E-state index in [1.165, 1.54) is 6.07 Å². The van der Waals surface area contributed by atoms with E-state index in [-0.39, 0.29) is 6.61 Å². The fourth-order valence-corrected chi connectivity index (χ4v) is 1.89. The Morgan fingerprint density at radius 2 is 1.95 bits per heavy atom. The molecule has 0 radical (unpaired) electrons. The van der Waals surface area contributed by atoms with Crippen molar-refractivity contribution in [3.8, 4) is 5.75 Å². The number of aliphatic hydroxyl groups is 2. The fourth-order valence-electron chi connectivity index (χ4n) is 1.89. The van der Waals surface area contributed by atoms with Crippen molar-refractivity contribution in [2.75, 3.05) is 6.61 Å². The van der Waals surface area contributed by atoms with Gasteiger partial charge in [0.05, 0.1) is 18.8 Å². The SMILES string of the molecule is CC[C@H](O)[C@@H](O)CCOc1ccc2ccc(=O)oc2c1. The van der Waals surface area contributed by atoms with Gasteiger partial charge in [0.2, 0.25) is 0 Å².